The largest absolute Gasteiger partial charge is 0.497 e. The van der Waals surface area contributed by atoms with E-state index in [-0.39, 0.29) is 17.7 Å². The minimum atomic E-state index is -0.191. The van der Waals surface area contributed by atoms with Gasteiger partial charge < -0.3 is 15.4 Å². The molecule has 0 unspecified atom stereocenters. The van der Waals surface area contributed by atoms with Crippen LogP contribution in [-0.4, -0.2) is 12.9 Å². The predicted octanol–water partition coefficient (Wildman–Crippen LogP) is 5.74. The van der Waals surface area contributed by atoms with Crippen molar-refractivity contribution in [3.05, 3.63) is 87.8 Å². The third-order valence-electron chi connectivity index (χ3n) is 5.70. The van der Waals surface area contributed by atoms with Crippen LogP contribution in [0.5, 0.6) is 5.75 Å². The Hall–Kier alpha value is -3.05. The number of rotatable bonds is 3. The number of benzene rings is 2. The first-order valence-corrected chi connectivity index (χ1v) is 10.7. The van der Waals surface area contributed by atoms with E-state index >= 15 is 0 Å². The molecule has 0 spiro atoms. The second-order valence-corrected chi connectivity index (χ2v) is 8.44. The Labute approximate surface area is 174 Å². The molecule has 2 aliphatic rings. The van der Waals surface area contributed by atoms with Gasteiger partial charge in [-0.2, -0.15) is 0 Å². The van der Waals surface area contributed by atoms with E-state index in [0.29, 0.717) is 6.42 Å². The normalized spacial score (nSPS) is 20.8. The maximum absolute atomic E-state index is 13.4. The van der Waals surface area contributed by atoms with Crippen LogP contribution in [0.4, 0.5) is 11.4 Å². The standard InChI is InChI=1S/C24H22N2O2S/c1-28-17-10-8-15(9-11-17)24-23-20(25-18-5-2-3-6-19(18)26-24)13-16(14-21(23)27)22-7-4-12-29-22/h2-12,16,24-26H,13-14H2,1H3/t16-,24-/m1/s1. The number of methoxy groups -OCH3 is 1. The van der Waals surface area contributed by atoms with Gasteiger partial charge >= 0.3 is 0 Å². The van der Waals surface area contributed by atoms with E-state index < -0.39 is 0 Å². The molecule has 2 aromatic carbocycles. The van der Waals surface area contributed by atoms with Crippen molar-refractivity contribution in [1.82, 2.24) is 0 Å². The van der Waals surface area contributed by atoms with E-state index in [1.165, 1.54) is 4.88 Å². The van der Waals surface area contributed by atoms with Crippen LogP contribution in [0.1, 0.15) is 35.2 Å². The molecular weight excluding hydrogens is 380 g/mol. The maximum atomic E-state index is 13.4. The molecule has 4 nitrogen and oxygen atoms in total. The van der Waals surface area contributed by atoms with Crippen LogP contribution in [0, 0.1) is 0 Å². The molecule has 29 heavy (non-hydrogen) atoms. The second-order valence-electron chi connectivity index (χ2n) is 7.46. The molecule has 0 fully saturated rings. The van der Waals surface area contributed by atoms with Gasteiger partial charge in [0.25, 0.3) is 0 Å². The van der Waals surface area contributed by atoms with E-state index in [1.54, 1.807) is 18.4 Å². The lowest BCUT2D eigenvalue weighted by Gasteiger charge is -2.29. The Morgan fingerprint density at radius 3 is 2.48 bits per heavy atom. The van der Waals surface area contributed by atoms with Gasteiger partial charge in [-0.15, -0.1) is 11.3 Å². The summed E-state index contributed by atoms with van der Waals surface area (Å²) in [4.78, 5) is 14.7. The zero-order chi connectivity index (χ0) is 19.8. The number of para-hydroxylation sites is 2. The van der Waals surface area contributed by atoms with Gasteiger partial charge in [-0.25, -0.2) is 0 Å². The van der Waals surface area contributed by atoms with E-state index in [9.17, 15) is 4.79 Å². The molecule has 0 amide bonds. The summed E-state index contributed by atoms with van der Waals surface area (Å²) in [5, 5.41) is 9.28. The molecule has 0 saturated carbocycles. The number of nitrogens with one attached hydrogen (secondary N) is 2. The number of carbonyl (C=O) groups is 1. The number of thiophene rings is 1. The highest BCUT2D eigenvalue weighted by Crippen LogP contribution is 2.44. The smallest absolute Gasteiger partial charge is 0.163 e. The molecule has 1 aliphatic carbocycles. The van der Waals surface area contributed by atoms with Gasteiger partial charge in [0.1, 0.15) is 5.75 Å². The average Bonchev–Trinajstić information content (AvgIpc) is 3.23. The highest BCUT2D eigenvalue weighted by molar-refractivity contribution is 7.10. The van der Waals surface area contributed by atoms with Crippen molar-refractivity contribution >= 4 is 28.5 Å². The zero-order valence-corrected chi connectivity index (χ0v) is 17.0. The number of hydrogen-bond acceptors (Lipinski definition) is 5. The summed E-state index contributed by atoms with van der Waals surface area (Å²) >= 11 is 1.73. The molecule has 3 aromatic rings. The van der Waals surface area contributed by atoms with Crippen molar-refractivity contribution in [3.8, 4) is 5.75 Å². The molecule has 5 heteroatoms. The molecule has 2 N–H and O–H groups in total. The van der Waals surface area contributed by atoms with Crippen molar-refractivity contribution in [2.75, 3.05) is 17.7 Å². The lowest BCUT2D eigenvalue weighted by Crippen LogP contribution is -2.26. The van der Waals surface area contributed by atoms with E-state index in [0.717, 1.165) is 40.4 Å². The highest BCUT2D eigenvalue weighted by atomic mass is 32.1. The van der Waals surface area contributed by atoms with Crippen molar-refractivity contribution in [3.63, 3.8) is 0 Å². The number of fused-ring (bicyclic) bond motifs is 1. The fourth-order valence-corrected chi connectivity index (χ4v) is 5.09. The van der Waals surface area contributed by atoms with Gasteiger partial charge in [0.15, 0.2) is 5.78 Å². The molecule has 0 radical (unpaired) electrons. The molecule has 1 aliphatic heterocycles. The van der Waals surface area contributed by atoms with Crippen LogP contribution >= 0.6 is 11.3 Å². The highest BCUT2D eigenvalue weighted by Gasteiger charge is 2.36. The SMILES string of the molecule is COc1ccc([C@H]2Nc3ccccc3NC3=C2C(=O)C[C@H](c2cccs2)C3)cc1. The van der Waals surface area contributed by atoms with Crippen LogP contribution < -0.4 is 15.4 Å². The molecule has 5 rings (SSSR count). The molecule has 1 aromatic heterocycles. The molecule has 2 heterocycles. The number of anilines is 2. The van der Waals surface area contributed by atoms with Gasteiger partial charge in [-0.05, 0) is 47.7 Å². The van der Waals surface area contributed by atoms with Gasteiger partial charge in [0.2, 0.25) is 0 Å². The molecular formula is C24H22N2O2S. The summed E-state index contributed by atoms with van der Waals surface area (Å²) in [5.74, 6) is 1.25. The summed E-state index contributed by atoms with van der Waals surface area (Å²) in [6.45, 7) is 0. The minimum Gasteiger partial charge on any atom is -0.497 e. The third-order valence-corrected chi connectivity index (χ3v) is 6.74. The van der Waals surface area contributed by atoms with Crippen LogP contribution in [-0.2, 0) is 4.79 Å². The lowest BCUT2D eigenvalue weighted by atomic mass is 9.81. The first-order chi connectivity index (χ1) is 14.2. The Morgan fingerprint density at radius 1 is 0.966 bits per heavy atom. The monoisotopic (exact) mass is 402 g/mol. The number of Topliss-reactive ketones (excluding diaryl/α,β-unsaturated/α-hetero) is 1. The molecule has 146 valence electrons. The van der Waals surface area contributed by atoms with E-state index in [1.807, 2.05) is 36.4 Å². The van der Waals surface area contributed by atoms with E-state index in [2.05, 4.69) is 40.3 Å². The van der Waals surface area contributed by atoms with Crippen LogP contribution in [0.25, 0.3) is 0 Å². The Balaban J connectivity index is 1.60. The Morgan fingerprint density at radius 2 is 1.76 bits per heavy atom. The van der Waals surface area contributed by atoms with Crippen LogP contribution in [0.2, 0.25) is 0 Å². The first-order valence-electron chi connectivity index (χ1n) is 9.79. The van der Waals surface area contributed by atoms with Crippen LogP contribution in [0.3, 0.4) is 0 Å². The molecule has 0 bridgehead atoms. The van der Waals surface area contributed by atoms with Crippen molar-refractivity contribution in [1.29, 1.82) is 0 Å². The second kappa shape index (κ2) is 7.41. The van der Waals surface area contributed by atoms with Crippen molar-refractivity contribution in [2.45, 2.75) is 24.8 Å². The Kier molecular flexibility index (Phi) is 4.60. The van der Waals surface area contributed by atoms with E-state index in [4.69, 9.17) is 4.74 Å². The van der Waals surface area contributed by atoms with Crippen molar-refractivity contribution in [2.24, 2.45) is 0 Å². The predicted molar refractivity (Wildman–Crippen MR) is 118 cm³/mol. The fourth-order valence-electron chi connectivity index (χ4n) is 4.26. The maximum Gasteiger partial charge on any atom is 0.163 e. The summed E-state index contributed by atoms with van der Waals surface area (Å²) in [6, 6.07) is 20.1. The summed E-state index contributed by atoms with van der Waals surface area (Å²) in [5.41, 5.74) is 4.94. The van der Waals surface area contributed by atoms with Gasteiger partial charge in [0.05, 0.1) is 24.5 Å². The number of carbonyl (C=O) groups excluding carboxylic acids is 1. The lowest BCUT2D eigenvalue weighted by molar-refractivity contribution is -0.116. The number of hydrogen-bond donors (Lipinski definition) is 2. The van der Waals surface area contributed by atoms with Gasteiger partial charge in [0, 0.05) is 28.5 Å². The summed E-state index contributed by atoms with van der Waals surface area (Å²) in [7, 11) is 1.66. The Bertz CT molecular complexity index is 1070. The molecule has 2 atom stereocenters. The zero-order valence-electron chi connectivity index (χ0n) is 16.1. The quantitative estimate of drug-likeness (QED) is 0.587. The van der Waals surface area contributed by atoms with Crippen LogP contribution in [0.15, 0.2) is 77.3 Å². The average molecular weight is 403 g/mol. The first kappa shape index (κ1) is 18.0. The fraction of sp³-hybridized carbons (Fsp3) is 0.208. The summed E-state index contributed by atoms with van der Waals surface area (Å²) < 4.78 is 5.31. The van der Waals surface area contributed by atoms with Gasteiger partial charge in [-0.3, -0.25) is 4.79 Å². The van der Waals surface area contributed by atoms with Gasteiger partial charge in [-0.1, -0.05) is 30.3 Å². The number of ether oxygens (including phenoxy) is 1. The molecule has 0 saturated heterocycles. The summed E-state index contributed by atoms with van der Waals surface area (Å²) in [6.07, 6.45) is 1.38. The minimum absolute atomic E-state index is 0.191. The number of allylic oxidation sites excluding steroid dienone is 1. The number of ketones is 1. The topological polar surface area (TPSA) is 50.4 Å². The third kappa shape index (κ3) is 3.32. The van der Waals surface area contributed by atoms with Crippen molar-refractivity contribution < 1.29 is 9.53 Å².